The van der Waals surface area contributed by atoms with Gasteiger partial charge in [-0.25, -0.2) is 4.79 Å². The van der Waals surface area contributed by atoms with E-state index in [2.05, 4.69) is 32.6 Å². The quantitative estimate of drug-likeness (QED) is 0.502. The van der Waals surface area contributed by atoms with E-state index >= 15 is 0 Å². The summed E-state index contributed by atoms with van der Waals surface area (Å²) in [7, 11) is 1.32. The fourth-order valence-electron chi connectivity index (χ4n) is 1.33. The molecule has 0 saturated carbocycles. The number of benzene rings is 1. The lowest BCUT2D eigenvalue weighted by atomic mass is 10.1. The third-order valence-corrected chi connectivity index (χ3v) is 2.85. The molecule has 0 radical (unpaired) electrons. The Labute approximate surface area is 114 Å². The number of amides is 1. The van der Waals surface area contributed by atoms with Gasteiger partial charge >= 0.3 is 5.97 Å². The maximum absolute atomic E-state index is 11.8. The molecule has 0 fully saturated rings. The van der Waals surface area contributed by atoms with Gasteiger partial charge in [0.2, 0.25) is 0 Å². The molecule has 0 aliphatic heterocycles. The minimum atomic E-state index is -0.579. The molecule has 0 heterocycles. The third-order valence-electron chi connectivity index (χ3n) is 2.22. The van der Waals surface area contributed by atoms with Gasteiger partial charge in [-0.05, 0) is 18.6 Å². The van der Waals surface area contributed by atoms with Gasteiger partial charge in [0.05, 0.1) is 7.11 Å². The van der Waals surface area contributed by atoms with Gasteiger partial charge in [-0.1, -0.05) is 40.8 Å². The molecule has 1 rings (SSSR count). The molecule has 1 amide bonds. The van der Waals surface area contributed by atoms with Gasteiger partial charge in [-0.2, -0.15) is 0 Å². The Morgan fingerprint density at radius 3 is 2.53 bits per heavy atom. The second-order valence-corrected chi connectivity index (χ2v) is 4.47. The van der Waals surface area contributed by atoms with E-state index in [1.165, 1.54) is 7.11 Å². The van der Waals surface area contributed by atoms with Gasteiger partial charge in [0.25, 0.3) is 5.91 Å². The summed E-state index contributed by atoms with van der Waals surface area (Å²) in [5.41, 5.74) is 0.537. The van der Waals surface area contributed by atoms with E-state index in [1.54, 1.807) is 24.3 Å². The van der Waals surface area contributed by atoms with Crippen LogP contribution in [0.15, 0.2) is 30.3 Å². The standard InChI is InChI=1S/C12H14INO3/c1-17-12(16)10(7-8-13)14-11(15)9-5-3-2-4-6-9/h2-6,10H,7-8H2,1H3,(H,14,15). The van der Waals surface area contributed by atoms with Crippen molar-refractivity contribution in [2.45, 2.75) is 12.5 Å². The number of alkyl halides is 1. The van der Waals surface area contributed by atoms with Crippen LogP contribution >= 0.6 is 22.6 Å². The predicted molar refractivity (Wildman–Crippen MR) is 73.2 cm³/mol. The van der Waals surface area contributed by atoms with Crippen molar-refractivity contribution in [3.8, 4) is 0 Å². The van der Waals surface area contributed by atoms with Crippen molar-refractivity contribution in [2.75, 3.05) is 11.5 Å². The molecule has 1 atom stereocenters. The first-order chi connectivity index (χ1) is 8.19. The Morgan fingerprint density at radius 2 is 2.00 bits per heavy atom. The number of hydrogen-bond acceptors (Lipinski definition) is 3. The lowest BCUT2D eigenvalue weighted by Gasteiger charge is -2.15. The summed E-state index contributed by atoms with van der Waals surface area (Å²) in [6.45, 7) is 0. The average Bonchev–Trinajstić information content (AvgIpc) is 2.38. The van der Waals surface area contributed by atoms with E-state index in [-0.39, 0.29) is 5.91 Å². The Hall–Kier alpha value is -1.11. The van der Waals surface area contributed by atoms with Gasteiger partial charge in [0.15, 0.2) is 0 Å². The van der Waals surface area contributed by atoms with E-state index in [1.807, 2.05) is 6.07 Å². The fourth-order valence-corrected chi connectivity index (χ4v) is 1.95. The number of esters is 1. The lowest BCUT2D eigenvalue weighted by molar-refractivity contribution is -0.142. The van der Waals surface area contributed by atoms with E-state index in [0.29, 0.717) is 12.0 Å². The average molecular weight is 347 g/mol. The molecule has 1 aromatic rings. The van der Waals surface area contributed by atoms with Crippen LogP contribution in [0, 0.1) is 0 Å². The molecule has 5 heteroatoms. The number of halogens is 1. The van der Waals surface area contributed by atoms with Crippen LogP contribution in [0.25, 0.3) is 0 Å². The Bertz CT molecular complexity index is 381. The van der Waals surface area contributed by atoms with Crippen molar-refractivity contribution in [3.05, 3.63) is 35.9 Å². The number of carbonyl (C=O) groups excluding carboxylic acids is 2. The largest absolute Gasteiger partial charge is 0.467 e. The molecular weight excluding hydrogens is 333 g/mol. The zero-order chi connectivity index (χ0) is 12.7. The predicted octanol–water partition coefficient (Wildman–Crippen LogP) is 1.78. The molecular formula is C12H14INO3. The fraction of sp³-hybridized carbons (Fsp3) is 0.333. The highest BCUT2D eigenvalue weighted by atomic mass is 127. The molecule has 0 bridgehead atoms. The molecule has 0 aromatic heterocycles. The third kappa shape index (κ3) is 4.33. The molecule has 1 aromatic carbocycles. The summed E-state index contributed by atoms with van der Waals surface area (Å²) >= 11 is 2.15. The van der Waals surface area contributed by atoms with Crippen molar-refractivity contribution < 1.29 is 14.3 Å². The van der Waals surface area contributed by atoms with Crippen LogP contribution in [0.2, 0.25) is 0 Å². The number of nitrogens with one attached hydrogen (secondary N) is 1. The monoisotopic (exact) mass is 347 g/mol. The van der Waals surface area contributed by atoms with Crippen LogP contribution in [0.1, 0.15) is 16.8 Å². The van der Waals surface area contributed by atoms with Crippen molar-refractivity contribution in [1.82, 2.24) is 5.32 Å². The van der Waals surface area contributed by atoms with E-state index in [0.717, 1.165) is 4.43 Å². The second-order valence-electron chi connectivity index (χ2n) is 3.39. The summed E-state index contributed by atoms with van der Waals surface area (Å²) in [5, 5.41) is 2.67. The number of hydrogen-bond donors (Lipinski definition) is 1. The van der Waals surface area contributed by atoms with Crippen molar-refractivity contribution in [3.63, 3.8) is 0 Å². The number of rotatable bonds is 5. The minimum Gasteiger partial charge on any atom is -0.467 e. The summed E-state index contributed by atoms with van der Waals surface area (Å²) in [4.78, 5) is 23.3. The number of carbonyl (C=O) groups is 2. The van der Waals surface area contributed by atoms with Gasteiger partial charge in [-0.15, -0.1) is 0 Å². The highest BCUT2D eigenvalue weighted by molar-refractivity contribution is 14.1. The highest BCUT2D eigenvalue weighted by Gasteiger charge is 2.20. The lowest BCUT2D eigenvalue weighted by Crippen LogP contribution is -2.41. The van der Waals surface area contributed by atoms with E-state index in [9.17, 15) is 9.59 Å². The Balaban J connectivity index is 2.67. The first-order valence-electron chi connectivity index (χ1n) is 5.18. The minimum absolute atomic E-state index is 0.258. The zero-order valence-corrected chi connectivity index (χ0v) is 11.6. The number of ether oxygens (including phenoxy) is 1. The first-order valence-corrected chi connectivity index (χ1v) is 6.71. The molecule has 17 heavy (non-hydrogen) atoms. The summed E-state index contributed by atoms with van der Waals surface area (Å²) < 4.78 is 5.42. The SMILES string of the molecule is COC(=O)C(CCI)NC(=O)c1ccccc1. The van der Waals surface area contributed by atoms with Crippen LogP contribution < -0.4 is 5.32 Å². The molecule has 92 valence electrons. The van der Waals surface area contributed by atoms with Gasteiger partial charge in [-0.3, -0.25) is 4.79 Å². The zero-order valence-electron chi connectivity index (χ0n) is 9.48. The van der Waals surface area contributed by atoms with Gasteiger partial charge in [0.1, 0.15) is 6.04 Å². The molecule has 4 nitrogen and oxygen atoms in total. The van der Waals surface area contributed by atoms with Gasteiger partial charge in [0, 0.05) is 9.99 Å². The summed E-state index contributed by atoms with van der Waals surface area (Å²) in [5.74, 6) is -0.670. The second kappa shape index (κ2) is 7.26. The van der Waals surface area contributed by atoms with Crippen molar-refractivity contribution >= 4 is 34.5 Å². The molecule has 0 spiro atoms. The Morgan fingerprint density at radius 1 is 1.35 bits per heavy atom. The van der Waals surface area contributed by atoms with E-state index < -0.39 is 12.0 Å². The topological polar surface area (TPSA) is 55.4 Å². The number of methoxy groups -OCH3 is 1. The smallest absolute Gasteiger partial charge is 0.328 e. The van der Waals surface area contributed by atoms with Crippen molar-refractivity contribution in [1.29, 1.82) is 0 Å². The van der Waals surface area contributed by atoms with Crippen LogP contribution in [0.5, 0.6) is 0 Å². The summed E-state index contributed by atoms with van der Waals surface area (Å²) in [6, 6.07) is 8.21. The maximum Gasteiger partial charge on any atom is 0.328 e. The molecule has 0 aliphatic carbocycles. The van der Waals surface area contributed by atoms with Crippen LogP contribution in [-0.2, 0) is 9.53 Å². The van der Waals surface area contributed by atoms with Crippen LogP contribution in [-0.4, -0.2) is 29.5 Å². The normalized spacial score (nSPS) is 11.6. The molecule has 1 unspecified atom stereocenters. The first kappa shape index (κ1) is 14.0. The van der Waals surface area contributed by atoms with Gasteiger partial charge < -0.3 is 10.1 Å². The Kier molecular flexibility index (Phi) is 5.96. The van der Waals surface area contributed by atoms with Crippen molar-refractivity contribution in [2.24, 2.45) is 0 Å². The molecule has 0 aliphatic rings. The molecule has 1 N–H and O–H groups in total. The summed E-state index contributed by atoms with van der Waals surface area (Å²) in [6.07, 6.45) is 0.561. The highest BCUT2D eigenvalue weighted by Crippen LogP contribution is 2.03. The maximum atomic E-state index is 11.8. The molecule has 0 saturated heterocycles. The van der Waals surface area contributed by atoms with Crippen LogP contribution in [0.4, 0.5) is 0 Å². The van der Waals surface area contributed by atoms with Crippen LogP contribution in [0.3, 0.4) is 0 Å². The van der Waals surface area contributed by atoms with E-state index in [4.69, 9.17) is 0 Å².